The second-order valence-electron chi connectivity index (χ2n) is 5.27. The van der Waals surface area contributed by atoms with Crippen LogP contribution in [0.3, 0.4) is 0 Å². The predicted octanol–water partition coefficient (Wildman–Crippen LogP) is 1.50. The number of imidazole rings is 1. The van der Waals surface area contributed by atoms with Gasteiger partial charge in [-0.2, -0.15) is 0 Å². The molecule has 0 aliphatic carbocycles. The number of nitrogens with zero attached hydrogens (tertiary/aromatic N) is 4. The second-order valence-corrected chi connectivity index (χ2v) is 5.27. The van der Waals surface area contributed by atoms with Crippen LogP contribution in [-0.4, -0.2) is 51.0 Å². The first kappa shape index (κ1) is 12.3. The van der Waals surface area contributed by atoms with Crippen molar-refractivity contribution in [1.82, 2.24) is 24.8 Å². The zero-order valence-electron chi connectivity index (χ0n) is 11.3. The summed E-state index contributed by atoms with van der Waals surface area (Å²) >= 11 is 0. The van der Waals surface area contributed by atoms with Crippen molar-refractivity contribution in [3.8, 4) is 0 Å². The number of nitrogens with one attached hydrogen (secondary N) is 2. The third-order valence-corrected chi connectivity index (χ3v) is 3.82. The second kappa shape index (κ2) is 5.52. The van der Waals surface area contributed by atoms with Gasteiger partial charge in [-0.15, -0.1) is 0 Å². The maximum Gasteiger partial charge on any atom is 0.182 e. The Hall–Kier alpha value is -1.69. The van der Waals surface area contributed by atoms with Crippen molar-refractivity contribution >= 4 is 17.0 Å². The fourth-order valence-corrected chi connectivity index (χ4v) is 2.52. The first-order chi connectivity index (χ1) is 9.33. The molecule has 19 heavy (non-hydrogen) atoms. The summed E-state index contributed by atoms with van der Waals surface area (Å²) < 4.78 is 0. The van der Waals surface area contributed by atoms with E-state index in [0.29, 0.717) is 5.65 Å². The maximum absolute atomic E-state index is 4.26. The summed E-state index contributed by atoms with van der Waals surface area (Å²) in [6.45, 7) is 6.73. The van der Waals surface area contributed by atoms with Gasteiger partial charge >= 0.3 is 0 Å². The Balaban J connectivity index is 1.53. The summed E-state index contributed by atoms with van der Waals surface area (Å²) in [5, 5.41) is 3.37. The summed E-state index contributed by atoms with van der Waals surface area (Å²) in [5.41, 5.74) is 1.60. The van der Waals surface area contributed by atoms with E-state index in [-0.39, 0.29) is 0 Å². The van der Waals surface area contributed by atoms with Crippen LogP contribution in [0.4, 0.5) is 5.82 Å². The molecule has 0 spiro atoms. The first-order valence-electron chi connectivity index (χ1n) is 6.93. The molecular formula is C13H20N6. The van der Waals surface area contributed by atoms with Crippen molar-refractivity contribution in [2.75, 3.05) is 31.5 Å². The van der Waals surface area contributed by atoms with Crippen molar-refractivity contribution in [1.29, 1.82) is 0 Å². The number of aromatic amines is 1. The largest absolute Gasteiger partial charge is 0.367 e. The Kier molecular flexibility index (Phi) is 3.59. The number of H-pyrrole nitrogens is 1. The fourth-order valence-electron chi connectivity index (χ4n) is 2.52. The molecule has 0 bridgehead atoms. The number of aromatic nitrogens is 4. The van der Waals surface area contributed by atoms with Crippen LogP contribution >= 0.6 is 0 Å². The Morgan fingerprint density at radius 2 is 2.16 bits per heavy atom. The van der Waals surface area contributed by atoms with E-state index < -0.39 is 0 Å². The van der Waals surface area contributed by atoms with Crippen LogP contribution < -0.4 is 5.32 Å². The zero-order chi connectivity index (χ0) is 13.1. The summed E-state index contributed by atoms with van der Waals surface area (Å²) in [6, 6.07) is 0. The molecule has 1 aliphatic heterocycles. The van der Waals surface area contributed by atoms with E-state index in [2.05, 4.69) is 37.1 Å². The third kappa shape index (κ3) is 2.84. The van der Waals surface area contributed by atoms with Crippen molar-refractivity contribution in [3.63, 3.8) is 0 Å². The monoisotopic (exact) mass is 260 g/mol. The molecule has 1 saturated heterocycles. The quantitative estimate of drug-likeness (QED) is 0.871. The molecule has 3 rings (SSSR count). The van der Waals surface area contributed by atoms with Gasteiger partial charge in [0, 0.05) is 13.1 Å². The SMILES string of the molecule is CC1CCN(CCNc2ncnc3nc[nH]c23)CC1. The van der Waals surface area contributed by atoms with E-state index in [9.17, 15) is 0 Å². The number of rotatable bonds is 4. The van der Waals surface area contributed by atoms with Crippen LogP contribution in [0.2, 0.25) is 0 Å². The fraction of sp³-hybridized carbons (Fsp3) is 0.615. The number of piperidine rings is 1. The molecule has 0 amide bonds. The molecule has 0 saturated carbocycles. The zero-order valence-corrected chi connectivity index (χ0v) is 11.3. The van der Waals surface area contributed by atoms with E-state index >= 15 is 0 Å². The minimum atomic E-state index is 0.712. The standard InChI is InChI=1S/C13H20N6/c1-10-2-5-19(6-3-10)7-4-14-12-11-13(16-8-15-11)18-9-17-12/h8-10H,2-7H2,1H3,(H2,14,15,16,17,18). The van der Waals surface area contributed by atoms with Crippen LogP contribution in [0.5, 0.6) is 0 Å². The van der Waals surface area contributed by atoms with E-state index in [1.165, 1.54) is 25.9 Å². The average molecular weight is 260 g/mol. The summed E-state index contributed by atoms with van der Waals surface area (Å²) in [7, 11) is 0. The Morgan fingerprint density at radius 1 is 1.32 bits per heavy atom. The molecular weight excluding hydrogens is 240 g/mol. The molecule has 6 heteroatoms. The smallest absolute Gasteiger partial charge is 0.182 e. The molecule has 102 valence electrons. The molecule has 0 atom stereocenters. The van der Waals surface area contributed by atoms with Crippen molar-refractivity contribution in [2.24, 2.45) is 5.92 Å². The minimum absolute atomic E-state index is 0.712. The lowest BCUT2D eigenvalue weighted by Gasteiger charge is -2.30. The molecule has 0 radical (unpaired) electrons. The molecule has 0 unspecified atom stereocenters. The number of hydrogen-bond acceptors (Lipinski definition) is 5. The number of likely N-dealkylation sites (tertiary alicyclic amines) is 1. The van der Waals surface area contributed by atoms with Gasteiger partial charge in [0.2, 0.25) is 0 Å². The highest BCUT2D eigenvalue weighted by molar-refractivity contribution is 5.81. The number of hydrogen-bond donors (Lipinski definition) is 2. The molecule has 2 aromatic rings. The molecule has 2 aromatic heterocycles. The van der Waals surface area contributed by atoms with Crippen LogP contribution in [0.25, 0.3) is 11.2 Å². The summed E-state index contributed by atoms with van der Waals surface area (Å²) in [5.74, 6) is 1.73. The van der Waals surface area contributed by atoms with Gasteiger partial charge in [-0.1, -0.05) is 6.92 Å². The van der Waals surface area contributed by atoms with E-state index in [1.54, 1.807) is 12.7 Å². The Bertz CT molecular complexity index is 529. The van der Waals surface area contributed by atoms with Crippen LogP contribution in [-0.2, 0) is 0 Å². The molecule has 1 fully saturated rings. The Labute approximate surface area is 112 Å². The third-order valence-electron chi connectivity index (χ3n) is 3.82. The van der Waals surface area contributed by atoms with E-state index in [0.717, 1.165) is 30.3 Å². The summed E-state index contributed by atoms with van der Waals surface area (Å²) in [4.78, 5) is 18.1. The van der Waals surface area contributed by atoms with Gasteiger partial charge in [-0.3, -0.25) is 0 Å². The molecule has 3 heterocycles. The predicted molar refractivity (Wildman–Crippen MR) is 75.0 cm³/mol. The van der Waals surface area contributed by atoms with Gasteiger partial charge < -0.3 is 15.2 Å². The lowest BCUT2D eigenvalue weighted by atomic mass is 9.99. The summed E-state index contributed by atoms with van der Waals surface area (Å²) in [6.07, 6.45) is 5.83. The molecule has 6 nitrogen and oxygen atoms in total. The van der Waals surface area contributed by atoms with Gasteiger partial charge in [-0.05, 0) is 31.8 Å². The number of anilines is 1. The van der Waals surface area contributed by atoms with Crippen molar-refractivity contribution in [3.05, 3.63) is 12.7 Å². The lowest BCUT2D eigenvalue weighted by molar-refractivity contribution is 0.199. The van der Waals surface area contributed by atoms with Gasteiger partial charge in [0.05, 0.1) is 6.33 Å². The molecule has 1 aliphatic rings. The van der Waals surface area contributed by atoms with Crippen molar-refractivity contribution in [2.45, 2.75) is 19.8 Å². The highest BCUT2D eigenvalue weighted by atomic mass is 15.2. The minimum Gasteiger partial charge on any atom is -0.367 e. The van der Waals surface area contributed by atoms with Gasteiger partial charge in [0.25, 0.3) is 0 Å². The maximum atomic E-state index is 4.26. The van der Waals surface area contributed by atoms with Gasteiger partial charge in [-0.25, -0.2) is 15.0 Å². The van der Waals surface area contributed by atoms with Crippen molar-refractivity contribution < 1.29 is 0 Å². The van der Waals surface area contributed by atoms with Crippen LogP contribution in [0.1, 0.15) is 19.8 Å². The topological polar surface area (TPSA) is 69.7 Å². The average Bonchev–Trinajstić information content (AvgIpc) is 2.90. The highest BCUT2D eigenvalue weighted by Gasteiger charge is 2.15. The lowest BCUT2D eigenvalue weighted by Crippen LogP contribution is -2.36. The normalized spacial score (nSPS) is 17.9. The number of fused-ring (bicyclic) bond motifs is 1. The molecule has 0 aromatic carbocycles. The first-order valence-corrected chi connectivity index (χ1v) is 6.93. The van der Waals surface area contributed by atoms with Gasteiger partial charge in [0.15, 0.2) is 11.5 Å². The van der Waals surface area contributed by atoms with Gasteiger partial charge in [0.1, 0.15) is 11.8 Å². The highest BCUT2D eigenvalue weighted by Crippen LogP contribution is 2.16. The van der Waals surface area contributed by atoms with Crippen LogP contribution in [0.15, 0.2) is 12.7 Å². The van der Waals surface area contributed by atoms with E-state index in [1.807, 2.05) is 0 Å². The van der Waals surface area contributed by atoms with E-state index in [4.69, 9.17) is 0 Å². The Morgan fingerprint density at radius 3 is 3.00 bits per heavy atom. The van der Waals surface area contributed by atoms with Crippen LogP contribution in [0, 0.1) is 5.92 Å². The molecule has 2 N–H and O–H groups in total.